The third kappa shape index (κ3) is 7.91. The van der Waals surface area contributed by atoms with E-state index in [9.17, 15) is 18.8 Å². The zero-order valence-corrected chi connectivity index (χ0v) is 24.4. The second kappa shape index (κ2) is 14.6. The molecule has 1 heterocycles. The second-order valence-corrected chi connectivity index (χ2v) is 9.78. The Morgan fingerprint density at radius 1 is 1.03 bits per heavy atom. The van der Waals surface area contributed by atoms with Crippen LogP contribution in [-0.4, -0.2) is 72.3 Å². The van der Waals surface area contributed by atoms with E-state index in [1.165, 1.54) is 17.1 Å². The Hall–Kier alpha value is -2.72. The molecule has 0 saturated heterocycles. The SMILES string of the molecule is CCNCCN(CC(=O)N(C)N1Cc2ccc(F)cc2C1)C(=O)CNc1cc2c(cc1C)CCCC2=O.Cl.Cl. The van der Waals surface area contributed by atoms with Gasteiger partial charge in [-0.15, -0.1) is 24.8 Å². The molecule has 39 heavy (non-hydrogen) atoms. The van der Waals surface area contributed by atoms with Gasteiger partial charge >= 0.3 is 0 Å². The molecule has 0 unspecified atom stereocenters. The number of likely N-dealkylation sites (N-methyl/N-ethyl adjacent to an activating group) is 2. The van der Waals surface area contributed by atoms with Crippen molar-refractivity contribution in [3.8, 4) is 0 Å². The lowest BCUT2D eigenvalue weighted by atomic mass is 9.89. The van der Waals surface area contributed by atoms with Crippen molar-refractivity contribution < 1.29 is 18.8 Å². The van der Waals surface area contributed by atoms with Crippen molar-refractivity contribution in [2.24, 2.45) is 0 Å². The van der Waals surface area contributed by atoms with E-state index < -0.39 is 0 Å². The van der Waals surface area contributed by atoms with Crippen molar-refractivity contribution in [1.29, 1.82) is 0 Å². The summed E-state index contributed by atoms with van der Waals surface area (Å²) in [4.78, 5) is 40.3. The first kappa shape index (κ1) is 32.5. The molecule has 0 bridgehead atoms. The zero-order valence-electron chi connectivity index (χ0n) is 22.7. The summed E-state index contributed by atoms with van der Waals surface area (Å²) in [6, 6.07) is 8.56. The van der Waals surface area contributed by atoms with Gasteiger partial charge in [0.2, 0.25) is 5.91 Å². The van der Waals surface area contributed by atoms with Gasteiger partial charge in [0.15, 0.2) is 5.78 Å². The van der Waals surface area contributed by atoms with E-state index >= 15 is 0 Å². The number of nitrogens with zero attached hydrogens (tertiary/aromatic N) is 3. The molecule has 0 aromatic heterocycles. The van der Waals surface area contributed by atoms with Crippen molar-refractivity contribution in [2.45, 2.75) is 46.2 Å². The number of halogens is 3. The molecule has 8 nitrogen and oxygen atoms in total. The number of aryl methyl sites for hydroxylation is 2. The number of carbonyl (C=O) groups is 3. The smallest absolute Gasteiger partial charge is 0.256 e. The normalized spacial score (nSPS) is 14.0. The number of carbonyl (C=O) groups excluding carboxylic acids is 3. The summed E-state index contributed by atoms with van der Waals surface area (Å²) in [5.74, 6) is -0.562. The fourth-order valence-electron chi connectivity index (χ4n) is 4.94. The molecule has 1 aliphatic carbocycles. The standard InChI is InChI=1S/C28H36FN5O3.2ClH/c1-4-30-10-11-33(18-28(37)32(3)34-16-21-8-9-23(29)13-22(21)17-34)27(36)15-31-25-14-24-20(12-19(25)2)6-5-7-26(24)35;;/h8-9,12-14,30-31H,4-7,10-11,15-18H2,1-3H3;2*1H. The Labute approximate surface area is 242 Å². The van der Waals surface area contributed by atoms with Crippen LogP contribution in [0.4, 0.5) is 10.1 Å². The molecule has 2 aliphatic rings. The molecule has 0 fully saturated rings. The highest BCUT2D eigenvalue weighted by molar-refractivity contribution is 5.99. The van der Waals surface area contributed by atoms with Gasteiger partial charge in [-0.2, -0.15) is 0 Å². The number of hydrazine groups is 1. The van der Waals surface area contributed by atoms with Crippen LogP contribution in [-0.2, 0) is 29.1 Å². The first-order valence-corrected chi connectivity index (χ1v) is 12.9. The third-order valence-corrected chi connectivity index (χ3v) is 7.18. The Morgan fingerprint density at radius 2 is 1.77 bits per heavy atom. The third-order valence-electron chi connectivity index (χ3n) is 7.18. The number of nitrogens with one attached hydrogen (secondary N) is 2. The fourth-order valence-corrected chi connectivity index (χ4v) is 4.94. The number of anilines is 1. The maximum Gasteiger partial charge on any atom is 0.256 e. The summed E-state index contributed by atoms with van der Waals surface area (Å²) < 4.78 is 13.6. The lowest BCUT2D eigenvalue weighted by Crippen LogP contribution is -2.49. The first-order valence-electron chi connectivity index (χ1n) is 12.9. The van der Waals surface area contributed by atoms with Crippen molar-refractivity contribution in [1.82, 2.24) is 20.2 Å². The number of hydrogen-bond acceptors (Lipinski definition) is 6. The van der Waals surface area contributed by atoms with E-state index in [1.807, 2.05) is 31.0 Å². The van der Waals surface area contributed by atoms with Crippen LogP contribution >= 0.6 is 24.8 Å². The van der Waals surface area contributed by atoms with Gasteiger partial charge in [-0.05, 0) is 66.8 Å². The molecule has 0 radical (unpaired) electrons. The molecule has 214 valence electrons. The molecular weight excluding hydrogens is 544 g/mol. The molecule has 0 spiro atoms. The summed E-state index contributed by atoms with van der Waals surface area (Å²) in [7, 11) is 1.68. The summed E-state index contributed by atoms with van der Waals surface area (Å²) >= 11 is 0. The quantitative estimate of drug-likeness (QED) is 0.416. The summed E-state index contributed by atoms with van der Waals surface area (Å²) in [5.41, 5.74) is 5.41. The van der Waals surface area contributed by atoms with Gasteiger partial charge in [0.05, 0.1) is 6.54 Å². The number of amides is 2. The van der Waals surface area contributed by atoms with Crippen LogP contribution in [0, 0.1) is 12.7 Å². The molecule has 11 heteroatoms. The van der Waals surface area contributed by atoms with E-state index in [-0.39, 0.29) is 61.3 Å². The summed E-state index contributed by atoms with van der Waals surface area (Å²) in [6.45, 7) is 6.59. The van der Waals surface area contributed by atoms with Gasteiger partial charge in [0.1, 0.15) is 12.4 Å². The van der Waals surface area contributed by atoms with E-state index in [0.717, 1.165) is 52.9 Å². The van der Waals surface area contributed by atoms with E-state index in [1.54, 1.807) is 18.0 Å². The molecule has 2 aromatic carbocycles. The minimum absolute atomic E-state index is 0. The topological polar surface area (TPSA) is 85.0 Å². The van der Waals surface area contributed by atoms with E-state index in [4.69, 9.17) is 0 Å². The average Bonchev–Trinajstić information content (AvgIpc) is 3.29. The molecular formula is C28H38Cl2FN5O3. The van der Waals surface area contributed by atoms with Gasteiger partial charge in [0, 0.05) is 50.9 Å². The lowest BCUT2D eigenvalue weighted by Gasteiger charge is -2.31. The minimum atomic E-state index is -0.291. The summed E-state index contributed by atoms with van der Waals surface area (Å²) in [5, 5.41) is 9.78. The van der Waals surface area contributed by atoms with E-state index in [2.05, 4.69) is 10.6 Å². The van der Waals surface area contributed by atoms with Crippen LogP contribution < -0.4 is 10.6 Å². The number of benzene rings is 2. The van der Waals surface area contributed by atoms with Gasteiger partial charge < -0.3 is 15.5 Å². The fraction of sp³-hybridized carbons (Fsp3) is 0.464. The van der Waals surface area contributed by atoms with Crippen molar-refractivity contribution in [3.05, 3.63) is 64.0 Å². The highest BCUT2D eigenvalue weighted by atomic mass is 35.5. The van der Waals surface area contributed by atoms with Gasteiger partial charge in [-0.3, -0.25) is 19.4 Å². The van der Waals surface area contributed by atoms with Crippen molar-refractivity contribution >= 4 is 48.1 Å². The number of rotatable bonds is 10. The monoisotopic (exact) mass is 581 g/mol. The molecule has 1 aliphatic heterocycles. The van der Waals surface area contributed by atoms with Crippen LogP contribution in [0.3, 0.4) is 0 Å². The zero-order chi connectivity index (χ0) is 26.5. The number of hydrogen-bond donors (Lipinski definition) is 2. The molecule has 2 aromatic rings. The van der Waals surface area contributed by atoms with Gasteiger partial charge in [-0.25, -0.2) is 9.40 Å². The van der Waals surface area contributed by atoms with Crippen LogP contribution in [0.15, 0.2) is 30.3 Å². The Morgan fingerprint density at radius 3 is 2.51 bits per heavy atom. The van der Waals surface area contributed by atoms with Gasteiger partial charge in [0.25, 0.3) is 5.91 Å². The van der Waals surface area contributed by atoms with Crippen LogP contribution in [0.5, 0.6) is 0 Å². The summed E-state index contributed by atoms with van der Waals surface area (Å²) in [6.07, 6.45) is 2.32. The van der Waals surface area contributed by atoms with E-state index in [0.29, 0.717) is 32.6 Å². The maximum absolute atomic E-state index is 13.6. The highest BCUT2D eigenvalue weighted by Crippen LogP contribution is 2.27. The Kier molecular flexibility index (Phi) is 12.2. The van der Waals surface area contributed by atoms with Crippen molar-refractivity contribution in [2.75, 3.05) is 45.1 Å². The number of Topliss-reactive ketones (excluding diaryl/α,β-unsaturated/α-hetero) is 1. The van der Waals surface area contributed by atoms with Gasteiger partial charge in [-0.1, -0.05) is 19.1 Å². The largest absolute Gasteiger partial charge is 0.376 e. The average molecular weight is 583 g/mol. The number of ketones is 1. The molecule has 2 N–H and O–H groups in total. The van der Waals surface area contributed by atoms with Crippen LogP contribution in [0.2, 0.25) is 0 Å². The second-order valence-electron chi connectivity index (χ2n) is 9.78. The highest BCUT2D eigenvalue weighted by Gasteiger charge is 2.27. The minimum Gasteiger partial charge on any atom is -0.376 e. The maximum atomic E-state index is 13.6. The predicted molar refractivity (Wildman–Crippen MR) is 155 cm³/mol. The molecule has 0 atom stereocenters. The molecule has 2 amide bonds. The molecule has 4 rings (SSSR count). The van der Waals surface area contributed by atoms with Crippen LogP contribution in [0.25, 0.3) is 0 Å². The molecule has 0 saturated carbocycles. The number of fused-ring (bicyclic) bond motifs is 2. The first-order chi connectivity index (χ1) is 17.8. The van der Waals surface area contributed by atoms with Crippen LogP contribution in [0.1, 0.15) is 52.4 Å². The Balaban J connectivity index is 0.00000267. The van der Waals surface area contributed by atoms with Crippen molar-refractivity contribution in [3.63, 3.8) is 0 Å². The Bertz CT molecular complexity index is 1200. The predicted octanol–water partition coefficient (Wildman–Crippen LogP) is 3.74. The lowest BCUT2D eigenvalue weighted by molar-refractivity contribution is -0.151.